The van der Waals surface area contributed by atoms with Crippen LogP contribution in [0.1, 0.15) is 5.56 Å². The molecule has 0 spiro atoms. The Morgan fingerprint density at radius 3 is 2.56 bits per heavy atom. The van der Waals surface area contributed by atoms with Crippen LogP contribution in [0.3, 0.4) is 0 Å². The Hall–Kier alpha value is -3.43. The summed E-state index contributed by atoms with van der Waals surface area (Å²) in [4.78, 5) is 13.7. The van der Waals surface area contributed by atoms with Crippen LogP contribution < -0.4 is 10.6 Å². The molecule has 164 valence electrons. The molecule has 0 aliphatic carbocycles. The first kappa shape index (κ1) is 20.5. The van der Waals surface area contributed by atoms with Gasteiger partial charge in [0.1, 0.15) is 0 Å². The molecule has 1 saturated heterocycles. The van der Waals surface area contributed by atoms with Crippen LogP contribution in [-0.2, 0) is 20.3 Å². The first-order valence-electron chi connectivity index (χ1n) is 10.3. The Kier molecular flexibility index (Phi) is 5.28. The first-order chi connectivity index (χ1) is 15.5. The van der Waals surface area contributed by atoms with Gasteiger partial charge in [0.2, 0.25) is 5.95 Å². The molecule has 0 amide bonds. The molecular weight excluding hydrogens is 426 g/mol. The highest BCUT2D eigenvalue weighted by Gasteiger charge is 2.21. The van der Waals surface area contributed by atoms with Crippen molar-refractivity contribution in [2.45, 2.75) is 10.6 Å². The number of aromatic amines is 1. The molecule has 5 rings (SSSR count). The summed E-state index contributed by atoms with van der Waals surface area (Å²) in [6, 6.07) is 13.0. The molecule has 1 aliphatic heterocycles. The molecule has 0 radical (unpaired) electrons. The van der Waals surface area contributed by atoms with Crippen LogP contribution >= 0.6 is 0 Å². The highest BCUT2D eigenvalue weighted by molar-refractivity contribution is 7.90. The van der Waals surface area contributed by atoms with Crippen LogP contribution in [0.4, 0.5) is 11.6 Å². The summed E-state index contributed by atoms with van der Waals surface area (Å²) in [6.45, 7) is 2.61. The van der Waals surface area contributed by atoms with E-state index in [1.807, 2.05) is 36.5 Å². The maximum Gasteiger partial charge on any atom is 0.219 e. The molecule has 8 nitrogen and oxygen atoms in total. The number of sulfone groups is 1. The number of nitrogens with two attached hydrogens (primary N) is 1. The number of benzene rings is 2. The standard InChI is InChI=1S/C23H23N5O3S/c24-23-26-13-19(14-27-23)18-10-20(28-5-7-31-8-6-28)12-21(11-18)32(29,30)15-16-1-2-22-17(9-16)3-4-25-22/h1-4,9-14,25H,5-8,15H2,(H2,24,26,27). The van der Waals surface area contributed by atoms with E-state index < -0.39 is 9.84 Å². The number of hydrogen-bond donors (Lipinski definition) is 2. The van der Waals surface area contributed by atoms with Crippen molar-refractivity contribution in [1.82, 2.24) is 15.0 Å². The summed E-state index contributed by atoms with van der Waals surface area (Å²) in [5.74, 6) is 0.0873. The number of nitrogens with zero attached hydrogens (tertiary/aromatic N) is 3. The fourth-order valence-electron chi connectivity index (χ4n) is 3.92. The molecule has 9 heteroatoms. The molecule has 32 heavy (non-hydrogen) atoms. The van der Waals surface area contributed by atoms with Gasteiger partial charge in [-0.15, -0.1) is 0 Å². The summed E-state index contributed by atoms with van der Waals surface area (Å²) in [5.41, 5.74) is 9.62. The Labute approximate surface area is 186 Å². The Balaban J connectivity index is 1.55. The molecule has 2 aromatic heterocycles. The van der Waals surface area contributed by atoms with Crippen molar-refractivity contribution in [1.29, 1.82) is 0 Å². The van der Waals surface area contributed by atoms with Gasteiger partial charge in [0.05, 0.1) is 23.9 Å². The molecule has 3 heterocycles. The number of aromatic nitrogens is 3. The fourth-order valence-corrected chi connectivity index (χ4v) is 5.31. The quantitative estimate of drug-likeness (QED) is 0.481. The number of nitrogens with one attached hydrogen (secondary N) is 1. The van der Waals surface area contributed by atoms with Gasteiger partial charge in [0.15, 0.2) is 9.84 Å². The summed E-state index contributed by atoms with van der Waals surface area (Å²) >= 11 is 0. The molecule has 1 aliphatic rings. The Morgan fingerprint density at radius 2 is 1.78 bits per heavy atom. The van der Waals surface area contributed by atoms with Gasteiger partial charge < -0.3 is 20.4 Å². The van der Waals surface area contributed by atoms with Crippen LogP contribution in [0.15, 0.2) is 66.0 Å². The molecule has 0 unspecified atom stereocenters. The molecule has 4 aromatic rings. The average molecular weight is 450 g/mol. The Bertz CT molecular complexity index is 1360. The van der Waals surface area contributed by atoms with Crippen LogP contribution in [0, 0.1) is 0 Å². The van der Waals surface area contributed by atoms with Gasteiger partial charge in [0.25, 0.3) is 0 Å². The minimum absolute atomic E-state index is 0.0850. The van der Waals surface area contributed by atoms with E-state index >= 15 is 0 Å². The summed E-state index contributed by atoms with van der Waals surface area (Å²) in [6.07, 6.45) is 5.06. The number of H-pyrrole nitrogens is 1. The van der Waals surface area contributed by atoms with Crippen molar-refractivity contribution in [3.8, 4) is 11.1 Å². The lowest BCUT2D eigenvalue weighted by atomic mass is 10.1. The zero-order chi connectivity index (χ0) is 22.1. The largest absolute Gasteiger partial charge is 0.378 e. The van der Waals surface area contributed by atoms with Gasteiger partial charge >= 0.3 is 0 Å². The smallest absolute Gasteiger partial charge is 0.219 e. The monoisotopic (exact) mass is 449 g/mol. The number of fused-ring (bicyclic) bond motifs is 1. The SMILES string of the molecule is Nc1ncc(-c2cc(N3CCOCC3)cc(S(=O)(=O)Cc3ccc4[nH]ccc4c3)c2)cn1. The van der Waals surface area contributed by atoms with Crippen LogP contribution in [0.2, 0.25) is 0 Å². The number of morpholine rings is 1. The number of rotatable bonds is 5. The number of hydrogen-bond acceptors (Lipinski definition) is 7. The van der Waals surface area contributed by atoms with Crippen molar-refractivity contribution >= 4 is 32.4 Å². The molecule has 0 saturated carbocycles. The Morgan fingerprint density at radius 1 is 1.00 bits per heavy atom. The van der Waals surface area contributed by atoms with Gasteiger partial charge in [-0.25, -0.2) is 18.4 Å². The van der Waals surface area contributed by atoms with E-state index in [0.717, 1.165) is 27.7 Å². The maximum atomic E-state index is 13.4. The van der Waals surface area contributed by atoms with E-state index in [1.165, 1.54) is 0 Å². The first-order valence-corrected chi connectivity index (χ1v) is 12.0. The molecular formula is C23H23N5O3S. The lowest BCUT2D eigenvalue weighted by Gasteiger charge is -2.29. The molecule has 3 N–H and O–H groups in total. The van der Waals surface area contributed by atoms with Crippen LogP contribution in [0.25, 0.3) is 22.0 Å². The van der Waals surface area contributed by atoms with Crippen LogP contribution in [0.5, 0.6) is 0 Å². The van der Waals surface area contributed by atoms with Crippen molar-refractivity contribution in [3.63, 3.8) is 0 Å². The number of nitrogen functional groups attached to an aromatic ring is 1. The summed E-state index contributed by atoms with van der Waals surface area (Å²) in [7, 11) is -3.60. The highest BCUT2D eigenvalue weighted by atomic mass is 32.2. The maximum absolute atomic E-state index is 13.4. The van der Waals surface area contributed by atoms with E-state index in [9.17, 15) is 8.42 Å². The predicted octanol–water partition coefficient (Wildman–Crippen LogP) is 3.02. The second-order valence-corrected chi connectivity index (χ2v) is 9.79. The van der Waals surface area contributed by atoms with E-state index in [-0.39, 0.29) is 16.6 Å². The zero-order valence-corrected chi connectivity index (χ0v) is 18.2. The third-order valence-corrected chi connectivity index (χ3v) is 7.27. The topological polar surface area (TPSA) is 114 Å². The number of anilines is 2. The normalized spacial score (nSPS) is 14.7. The van der Waals surface area contributed by atoms with Gasteiger partial charge in [-0.2, -0.15) is 0 Å². The minimum atomic E-state index is -3.60. The second kappa shape index (κ2) is 8.25. The summed E-state index contributed by atoms with van der Waals surface area (Å²) < 4.78 is 32.4. The molecule has 0 bridgehead atoms. The lowest BCUT2D eigenvalue weighted by Crippen LogP contribution is -2.36. The van der Waals surface area contributed by atoms with E-state index in [4.69, 9.17) is 10.5 Å². The predicted molar refractivity (Wildman–Crippen MR) is 124 cm³/mol. The molecule has 1 fully saturated rings. The van der Waals surface area contributed by atoms with Crippen molar-refractivity contribution in [2.24, 2.45) is 0 Å². The molecule has 2 aromatic carbocycles. The van der Waals surface area contributed by atoms with E-state index in [2.05, 4.69) is 19.9 Å². The molecule has 0 atom stereocenters. The second-order valence-electron chi connectivity index (χ2n) is 7.80. The van der Waals surface area contributed by atoms with Crippen molar-refractivity contribution in [2.75, 3.05) is 36.9 Å². The number of ether oxygens (including phenoxy) is 1. The van der Waals surface area contributed by atoms with Gasteiger partial charge in [-0.1, -0.05) is 6.07 Å². The fraction of sp³-hybridized carbons (Fsp3) is 0.217. The lowest BCUT2D eigenvalue weighted by molar-refractivity contribution is 0.122. The third kappa shape index (κ3) is 4.17. The van der Waals surface area contributed by atoms with Gasteiger partial charge in [-0.05, 0) is 52.9 Å². The average Bonchev–Trinajstić information content (AvgIpc) is 3.27. The van der Waals surface area contributed by atoms with Crippen molar-refractivity contribution in [3.05, 3.63) is 66.6 Å². The summed E-state index contributed by atoms with van der Waals surface area (Å²) in [5, 5.41) is 0.986. The van der Waals surface area contributed by atoms with E-state index in [0.29, 0.717) is 31.9 Å². The minimum Gasteiger partial charge on any atom is -0.378 e. The van der Waals surface area contributed by atoms with Crippen LogP contribution in [-0.4, -0.2) is 49.7 Å². The highest BCUT2D eigenvalue weighted by Crippen LogP contribution is 2.31. The van der Waals surface area contributed by atoms with Gasteiger partial charge in [0, 0.05) is 48.4 Å². The van der Waals surface area contributed by atoms with Gasteiger partial charge in [-0.3, -0.25) is 0 Å². The van der Waals surface area contributed by atoms with Crippen molar-refractivity contribution < 1.29 is 13.2 Å². The third-order valence-electron chi connectivity index (χ3n) is 5.61. The van der Waals surface area contributed by atoms with E-state index in [1.54, 1.807) is 24.5 Å². The zero-order valence-electron chi connectivity index (χ0n) is 17.4.